The van der Waals surface area contributed by atoms with Crippen molar-refractivity contribution in [2.24, 2.45) is 0 Å². The summed E-state index contributed by atoms with van der Waals surface area (Å²) >= 11 is 1.84. The van der Waals surface area contributed by atoms with Crippen LogP contribution < -0.4 is 0 Å². The zero-order valence-electron chi connectivity index (χ0n) is 25.1. The van der Waals surface area contributed by atoms with Crippen LogP contribution in [0.2, 0.25) is 0 Å². The fourth-order valence-electron chi connectivity index (χ4n) is 6.91. The van der Waals surface area contributed by atoms with Crippen LogP contribution in [0.1, 0.15) is 0 Å². The second kappa shape index (κ2) is 10.2. The molecule has 0 atom stereocenters. The number of fused-ring (bicyclic) bond motifs is 10. The fraction of sp³-hybridized carbons (Fsp3) is 0. The Hall–Kier alpha value is -6.11. The van der Waals surface area contributed by atoms with Gasteiger partial charge in [0.15, 0.2) is 11.6 Å². The van der Waals surface area contributed by atoms with Crippen molar-refractivity contribution >= 4 is 64.1 Å². The maximum absolute atomic E-state index is 5.21. The predicted molar refractivity (Wildman–Crippen MR) is 195 cm³/mol. The van der Waals surface area contributed by atoms with E-state index in [0.29, 0.717) is 17.6 Å². The molecule has 4 aromatic heterocycles. The summed E-state index contributed by atoms with van der Waals surface area (Å²) in [4.78, 5) is 15.4. The van der Waals surface area contributed by atoms with Gasteiger partial charge in [0, 0.05) is 66.2 Å². The number of rotatable bonds is 4. The molecule has 6 aromatic carbocycles. The van der Waals surface area contributed by atoms with Gasteiger partial charge in [0.05, 0.1) is 15.7 Å². The molecule has 4 heterocycles. The van der Waals surface area contributed by atoms with Gasteiger partial charge in [0.1, 0.15) is 0 Å². The molecule has 6 heteroatoms. The largest absolute Gasteiger partial charge is 0.323 e. The van der Waals surface area contributed by atoms with E-state index in [2.05, 4.69) is 125 Å². The summed E-state index contributed by atoms with van der Waals surface area (Å²) < 4.78 is 7.00. The van der Waals surface area contributed by atoms with Crippen molar-refractivity contribution in [3.8, 4) is 34.4 Å². The lowest BCUT2D eigenvalue weighted by Gasteiger charge is -2.11. The Morgan fingerprint density at radius 1 is 0.468 bits per heavy atom. The molecule has 0 radical (unpaired) electrons. The van der Waals surface area contributed by atoms with Crippen molar-refractivity contribution < 1.29 is 0 Å². The Balaban J connectivity index is 1.40. The molecule has 0 fully saturated rings. The smallest absolute Gasteiger partial charge is 0.238 e. The highest BCUT2D eigenvalue weighted by Gasteiger charge is 2.24. The Bertz CT molecular complexity index is 2720. The molecule has 0 unspecified atom stereocenters. The molecule has 47 heavy (non-hydrogen) atoms. The summed E-state index contributed by atoms with van der Waals surface area (Å²) in [5, 5.41) is 7.32. The molecule has 0 bridgehead atoms. The number of hydrogen-bond donors (Lipinski definition) is 0. The molecule has 0 saturated carbocycles. The van der Waals surface area contributed by atoms with Gasteiger partial charge in [-0.15, -0.1) is 11.3 Å². The van der Waals surface area contributed by atoms with E-state index in [0.717, 1.165) is 27.8 Å². The number of hydrogen-bond acceptors (Lipinski definition) is 4. The SMILES string of the molecule is c1ccc(-c2nc(-c3ccccc3)nc(-n3c4ccccc4c4c5cn(-c6ccccc6)cc5c5c6ccccc6sc5c43)n2)cc1. The minimum atomic E-state index is 0.601. The molecule has 0 aliphatic rings. The first-order valence-electron chi connectivity index (χ1n) is 15.6. The van der Waals surface area contributed by atoms with Gasteiger partial charge in [-0.2, -0.15) is 9.97 Å². The number of aromatic nitrogens is 5. The van der Waals surface area contributed by atoms with Crippen molar-refractivity contribution in [2.45, 2.75) is 0 Å². The predicted octanol–water partition coefficient (Wildman–Crippen LogP) is 10.6. The fourth-order valence-corrected chi connectivity index (χ4v) is 8.17. The first kappa shape index (κ1) is 26.1. The molecule has 0 aliphatic carbocycles. The van der Waals surface area contributed by atoms with Gasteiger partial charge in [-0.25, -0.2) is 4.98 Å². The molecule has 5 nitrogen and oxygen atoms in total. The van der Waals surface area contributed by atoms with E-state index in [1.807, 2.05) is 47.7 Å². The van der Waals surface area contributed by atoms with Gasteiger partial charge in [0.25, 0.3) is 0 Å². The zero-order chi connectivity index (χ0) is 30.9. The monoisotopic (exact) mass is 619 g/mol. The molecule has 0 saturated heterocycles. The van der Waals surface area contributed by atoms with Gasteiger partial charge in [0.2, 0.25) is 5.95 Å². The Kier molecular flexibility index (Phi) is 5.68. The van der Waals surface area contributed by atoms with E-state index in [4.69, 9.17) is 15.0 Å². The average molecular weight is 620 g/mol. The van der Waals surface area contributed by atoms with E-state index in [1.54, 1.807) is 0 Å². The van der Waals surface area contributed by atoms with E-state index < -0.39 is 0 Å². The molecule has 10 rings (SSSR count). The summed E-state index contributed by atoms with van der Waals surface area (Å²) in [6.07, 6.45) is 4.58. The highest BCUT2D eigenvalue weighted by Crippen LogP contribution is 2.48. The Morgan fingerprint density at radius 2 is 1.02 bits per heavy atom. The van der Waals surface area contributed by atoms with Crippen LogP contribution in [0.3, 0.4) is 0 Å². The number of para-hydroxylation sites is 2. The maximum Gasteiger partial charge on any atom is 0.238 e. The Morgan fingerprint density at radius 3 is 1.70 bits per heavy atom. The summed E-state index contributed by atoms with van der Waals surface area (Å²) in [5.41, 5.74) is 5.20. The summed E-state index contributed by atoms with van der Waals surface area (Å²) in [7, 11) is 0. The second-order valence-corrected chi connectivity index (χ2v) is 12.8. The Labute approximate surface area is 273 Å². The molecular formula is C41H25N5S. The summed E-state index contributed by atoms with van der Waals surface area (Å²) in [5.74, 6) is 1.89. The van der Waals surface area contributed by atoms with E-state index in [9.17, 15) is 0 Å². The van der Waals surface area contributed by atoms with Crippen LogP contribution in [0.15, 0.2) is 152 Å². The quantitative estimate of drug-likeness (QED) is 0.197. The number of thiophene rings is 1. The van der Waals surface area contributed by atoms with Gasteiger partial charge in [-0.05, 0) is 24.3 Å². The van der Waals surface area contributed by atoms with E-state index in [1.165, 1.54) is 41.7 Å². The molecular weight excluding hydrogens is 595 g/mol. The van der Waals surface area contributed by atoms with Gasteiger partial charge in [-0.1, -0.05) is 115 Å². The first-order valence-corrected chi connectivity index (χ1v) is 16.4. The minimum absolute atomic E-state index is 0.601. The molecule has 0 N–H and O–H groups in total. The van der Waals surface area contributed by atoms with Gasteiger partial charge >= 0.3 is 0 Å². The van der Waals surface area contributed by atoms with Crippen LogP contribution in [0.4, 0.5) is 0 Å². The standard InChI is InChI=1S/C41H25N5S/c1-4-14-26(15-5-1)39-42-40(27-16-6-2-7-17-27)44-41(43-39)46-33-22-12-10-20-29(33)35-31-24-45(28-18-8-3-9-19-28)25-32(31)36-30-21-11-13-23-34(30)47-38(36)37(35)46/h1-25H. The lowest BCUT2D eigenvalue weighted by atomic mass is 10.0. The van der Waals surface area contributed by atoms with Crippen LogP contribution in [-0.2, 0) is 0 Å². The van der Waals surface area contributed by atoms with Crippen LogP contribution in [0.5, 0.6) is 0 Å². The van der Waals surface area contributed by atoms with Crippen LogP contribution >= 0.6 is 11.3 Å². The van der Waals surface area contributed by atoms with E-state index >= 15 is 0 Å². The van der Waals surface area contributed by atoms with Crippen molar-refractivity contribution in [1.82, 2.24) is 24.1 Å². The average Bonchev–Trinajstić information content (AvgIpc) is 3.85. The van der Waals surface area contributed by atoms with Crippen molar-refractivity contribution in [2.75, 3.05) is 0 Å². The summed E-state index contributed by atoms with van der Waals surface area (Å²) in [6, 6.07) is 48.3. The van der Waals surface area contributed by atoms with Crippen molar-refractivity contribution in [3.05, 3.63) is 152 Å². The normalized spacial score (nSPS) is 11.8. The second-order valence-electron chi connectivity index (χ2n) is 11.7. The van der Waals surface area contributed by atoms with Gasteiger partial charge in [-0.3, -0.25) is 4.57 Å². The lowest BCUT2D eigenvalue weighted by Crippen LogP contribution is -2.06. The van der Waals surface area contributed by atoms with Crippen LogP contribution in [0, 0.1) is 0 Å². The van der Waals surface area contributed by atoms with E-state index in [-0.39, 0.29) is 0 Å². The summed E-state index contributed by atoms with van der Waals surface area (Å²) in [6.45, 7) is 0. The molecule has 0 spiro atoms. The third-order valence-electron chi connectivity index (χ3n) is 8.99. The number of benzene rings is 6. The maximum atomic E-state index is 5.21. The zero-order valence-corrected chi connectivity index (χ0v) is 25.9. The van der Waals surface area contributed by atoms with Crippen LogP contribution in [0.25, 0.3) is 87.2 Å². The van der Waals surface area contributed by atoms with Crippen LogP contribution in [-0.4, -0.2) is 24.1 Å². The van der Waals surface area contributed by atoms with Crippen molar-refractivity contribution in [1.29, 1.82) is 0 Å². The molecule has 0 amide bonds. The number of nitrogens with zero attached hydrogens (tertiary/aromatic N) is 5. The highest BCUT2D eigenvalue weighted by atomic mass is 32.1. The van der Waals surface area contributed by atoms with Gasteiger partial charge < -0.3 is 4.57 Å². The lowest BCUT2D eigenvalue weighted by molar-refractivity contribution is 0.955. The van der Waals surface area contributed by atoms with Crippen molar-refractivity contribution in [3.63, 3.8) is 0 Å². The molecule has 0 aliphatic heterocycles. The minimum Gasteiger partial charge on any atom is -0.323 e. The molecule has 10 aromatic rings. The third-order valence-corrected chi connectivity index (χ3v) is 10.2. The first-order chi connectivity index (χ1) is 23.3. The third kappa shape index (κ3) is 3.98. The molecule has 220 valence electrons. The topological polar surface area (TPSA) is 48.5 Å². The highest BCUT2D eigenvalue weighted by molar-refractivity contribution is 7.27.